The third-order valence-corrected chi connectivity index (χ3v) is 3.00. The van der Waals surface area contributed by atoms with Crippen molar-refractivity contribution in [3.8, 4) is 5.75 Å². The summed E-state index contributed by atoms with van der Waals surface area (Å²) >= 11 is 0. The van der Waals surface area contributed by atoms with E-state index in [9.17, 15) is 10.1 Å². The van der Waals surface area contributed by atoms with E-state index in [4.69, 9.17) is 4.74 Å². The molecule has 0 bridgehead atoms. The average Bonchev–Trinajstić information content (AvgIpc) is 2.40. The zero-order chi connectivity index (χ0) is 15.0. The molecule has 0 saturated heterocycles. The van der Waals surface area contributed by atoms with Gasteiger partial charge in [-0.15, -0.1) is 0 Å². The summed E-state index contributed by atoms with van der Waals surface area (Å²) in [6.07, 6.45) is 2.91. The van der Waals surface area contributed by atoms with Crippen LogP contribution in [0, 0.1) is 10.1 Å². The molecule has 112 valence electrons. The van der Waals surface area contributed by atoms with Gasteiger partial charge in [0.1, 0.15) is 0 Å². The van der Waals surface area contributed by atoms with Crippen molar-refractivity contribution in [3.05, 3.63) is 33.9 Å². The lowest BCUT2D eigenvalue weighted by molar-refractivity contribution is -0.386. The molecule has 1 rings (SSSR count). The highest BCUT2D eigenvalue weighted by molar-refractivity contribution is 5.48. The molecule has 1 aromatic carbocycles. The number of nitrogens with one attached hydrogen (secondary N) is 1. The largest absolute Gasteiger partial charge is 0.484 e. The third-order valence-electron chi connectivity index (χ3n) is 3.00. The molecule has 1 unspecified atom stereocenters. The normalized spacial score (nSPS) is 12.2. The van der Waals surface area contributed by atoms with Gasteiger partial charge in [-0.1, -0.05) is 26.3 Å². The smallest absolute Gasteiger partial charge is 0.311 e. The fourth-order valence-electron chi connectivity index (χ4n) is 2.01. The van der Waals surface area contributed by atoms with Crippen LogP contribution in [0.3, 0.4) is 0 Å². The molecule has 0 radical (unpaired) electrons. The van der Waals surface area contributed by atoms with Crippen molar-refractivity contribution in [1.29, 1.82) is 0 Å². The predicted octanol–water partition coefficient (Wildman–Crippen LogP) is 3.66. The van der Waals surface area contributed by atoms with Crippen molar-refractivity contribution in [2.75, 3.05) is 6.54 Å². The molecule has 0 amide bonds. The summed E-state index contributed by atoms with van der Waals surface area (Å²) in [5, 5.41) is 14.4. The first-order chi connectivity index (χ1) is 9.58. The Morgan fingerprint density at radius 1 is 1.35 bits per heavy atom. The second-order valence-corrected chi connectivity index (χ2v) is 4.95. The van der Waals surface area contributed by atoms with E-state index in [0.29, 0.717) is 12.3 Å². The molecule has 1 N–H and O–H groups in total. The second kappa shape index (κ2) is 8.53. The minimum Gasteiger partial charge on any atom is -0.484 e. The lowest BCUT2D eigenvalue weighted by atomic mass is 10.1. The van der Waals surface area contributed by atoms with E-state index >= 15 is 0 Å². The quantitative estimate of drug-likeness (QED) is 0.426. The fourth-order valence-corrected chi connectivity index (χ4v) is 2.01. The van der Waals surface area contributed by atoms with Crippen LogP contribution in [0.1, 0.15) is 45.6 Å². The number of rotatable bonds is 9. The van der Waals surface area contributed by atoms with Crippen molar-refractivity contribution < 1.29 is 9.66 Å². The van der Waals surface area contributed by atoms with Gasteiger partial charge in [-0.25, -0.2) is 0 Å². The third kappa shape index (κ3) is 5.17. The Morgan fingerprint density at radius 2 is 2.10 bits per heavy atom. The Morgan fingerprint density at radius 3 is 2.70 bits per heavy atom. The summed E-state index contributed by atoms with van der Waals surface area (Å²) in [6.45, 7) is 7.63. The monoisotopic (exact) mass is 280 g/mol. The zero-order valence-corrected chi connectivity index (χ0v) is 12.5. The number of hydrogen-bond donors (Lipinski definition) is 1. The SMILES string of the molecule is CCCNCc1ccc(OC(C)CCC)c([N+](=O)[O-])c1. The summed E-state index contributed by atoms with van der Waals surface area (Å²) in [7, 11) is 0. The molecule has 5 heteroatoms. The Labute approximate surface area is 120 Å². The van der Waals surface area contributed by atoms with E-state index in [-0.39, 0.29) is 16.7 Å². The minimum absolute atomic E-state index is 0.0113. The van der Waals surface area contributed by atoms with Crippen LogP contribution < -0.4 is 10.1 Å². The molecule has 0 aliphatic rings. The van der Waals surface area contributed by atoms with Crippen molar-refractivity contribution in [2.24, 2.45) is 0 Å². The lowest BCUT2D eigenvalue weighted by Gasteiger charge is -2.14. The first-order valence-electron chi connectivity index (χ1n) is 7.23. The molecular weight excluding hydrogens is 256 g/mol. The molecular formula is C15H24N2O3. The molecule has 5 nitrogen and oxygen atoms in total. The van der Waals surface area contributed by atoms with E-state index < -0.39 is 0 Å². The van der Waals surface area contributed by atoms with Crippen LogP contribution in [0.15, 0.2) is 18.2 Å². The van der Waals surface area contributed by atoms with Crippen LogP contribution in [-0.2, 0) is 6.54 Å². The van der Waals surface area contributed by atoms with Gasteiger partial charge >= 0.3 is 5.69 Å². The molecule has 1 aromatic rings. The Bertz CT molecular complexity index is 435. The van der Waals surface area contributed by atoms with E-state index in [1.807, 2.05) is 13.0 Å². The van der Waals surface area contributed by atoms with Gasteiger partial charge in [0, 0.05) is 12.6 Å². The Hall–Kier alpha value is -1.62. The predicted molar refractivity (Wildman–Crippen MR) is 80.1 cm³/mol. The maximum Gasteiger partial charge on any atom is 0.311 e. The molecule has 0 fully saturated rings. The standard InChI is InChI=1S/C15H24N2O3/c1-4-6-12(3)20-15-8-7-13(11-16-9-5-2)10-14(15)17(18)19/h7-8,10,12,16H,4-6,9,11H2,1-3H3. The number of hydrogen-bond acceptors (Lipinski definition) is 4. The molecule has 0 spiro atoms. The van der Waals surface area contributed by atoms with Gasteiger partial charge in [-0.05, 0) is 37.9 Å². The summed E-state index contributed by atoms with van der Waals surface area (Å²) in [6, 6.07) is 5.17. The van der Waals surface area contributed by atoms with Gasteiger partial charge in [0.25, 0.3) is 0 Å². The molecule has 0 aromatic heterocycles. The molecule has 0 heterocycles. The first kappa shape index (κ1) is 16.4. The summed E-state index contributed by atoms with van der Waals surface area (Å²) < 4.78 is 5.67. The summed E-state index contributed by atoms with van der Waals surface area (Å²) in [4.78, 5) is 10.8. The van der Waals surface area contributed by atoms with Crippen molar-refractivity contribution in [1.82, 2.24) is 5.32 Å². The molecule has 0 aliphatic carbocycles. The zero-order valence-electron chi connectivity index (χ0n) is 12.5. The van der Waals surface area contributed by atoms with Gasteiger partial charge in [0.05, 0.1) is 11.0 Å². The van der Waals surface area contributed by atoms with Gasteiger partial charge < -0.3 is 10.1 Å². The highest BCUT2D eigenvalue weighted by atomic mass is 16.6. The number of nitrogens with zero attached hydrogens (tertiary/aromatic N) is 1. The Balaban J connectivity index is 2.82. The van der Waals surface area contributed by atoms with E-state index in [1.165, 1.54) is 0 Å². The number of benzene rings is 1. The summed E-state index contributed by atoms with van der Waals surface area (Å²) in [5.41, 5.74) is 0.949. The van der Waals surface area contributed by atoms with E-state index in [1.54, 1.807) is 12.1 Å². The summed E-state index contributed by atoms with van der Waals surface area (Å²) in [5.74, 6) is 0.357. The Kier molecular flexibility index (Phi) is 7.01. The van der Waals surface area contributed by atoms with E-state index in [2.05, 4.69) is 19.2 Å². The average molecular weight is 280 g/mol. The fraction of sp³-hybridized carbons (Fsp3) is 0.600. The van der Waals surface area contributed by atoms with Crippen LogP contribution in [0.5, 0.6) is 5.75 Å². The van der Waals surface area contributed by atoms with Crippen molar-refractivity contribution >= 4 is 5.69 Å². The number of ether oxygens (including phenoxy) is 1. The topological polar surface area (TPSA) is 64.4 Å². The maximum absolute atomic E-state index is 11.1. The van der Waals surface area contributed by atoms with E-state index in [0.717, 1.165) is 31.4 Å². The minimum atomic E-state index is -0.378. The van der Waals surface area contributed by atoms with Crippen LogP contribution in [-0.4, -0.2) is 17.6 Å². The van der Waals surface area contributed by atoms with Crippen LogP contribution in [0.2, 0.25) is 0 Å². The number of nitro benzene ring substituents is 1. The van der Waals surface area contributed by atoms with Crippen molar-refractivity contribution in [2.45, 2.75) is 52.7 Å². The van der Waals surface area contributed by atoms with Gasteiger partial charge in [0.2, 0.25) is 0 Å². The van der Waals surface area contributed by atoms with Gasteiger partial charge in [-0.3, -0.25) is 10.1 Å². The molecule has 0 saturated carbocycles. The molecule has 20 heavy (non-hydrogen) atoms. The van der Waals surface area contributed by atoms with Crippen molar-refractivity contribution in [3.63, 3.8) is 0 Å². The highest BCUT2D eigenvalue weighted by Crippen LogP contribution is 2.29. The lowest BCUT2D eigenvalue weighted by Crippen LogP contribution is -2.15. The highest BCUT2D eigenvalue weighted by Gasteiger charge is 2.17. The van der Waals surface area contributed by atoms with Crippen LogP contribution in [0.4, 0.5) is 5.69 Å². The van der Waals surface area contributed by atoms with Crippen LogP contribution in [0.25, 0.3) is 0 Å². The van der Waals surface area contributed by atoms with Gasteiger partial charge in [-0.2, -0.15) is 0 Å². The van der Waals surface area contributed by atoms with Gasteiger partial charge in [0.15, 0.2) is 5.75 Å². The maximum atomic E-state index is 11.1. The first-order valence-corrected chi connectivity index (χ1v) is 7.23. The number of nitro groups is 1. The second-order valence-electron chi connectivity index (χ2n) is 4.95. The molecule has 0 aliphatic heterocycles. The molecule has 1 atom stereocenters. The van der Waals surface area contributed by atoms with Crippen LogP contribution >= 0.6 is 0 Å².